The first-order valence-electron chi connectivity index (χ1n) is 9.24. The second-order valence-electron chi connectivity index (χ2n) is 6.25. The average Bonchev–Trinajstić information content (AvgIpc) is 2.72. The summed E-state index contributed by atoms with van der Waals surface area (Å²) in [5.41, 5.74) is 0.0497. The summed E-state index contributed by atoms with van der Waals surface area (Å²) in [4.78, 5) is 23.2. The second-order valence-corrected chi connectivity index (χ2v) is 6.25. The van der Waals surface area contributed by atoms with E-state index in [0.717, 1.165) is 12.1 Å². The minimum atomic E-state index is -4.50. The van der Waals surface area contributed by atoms with Gasteiger partial charge in [0.25, 0.3) is 0 Å². The first-order chi connectivity index (χ1) is 14.7. The van der Waals surface area contributed by atoms with E-state index in [9.17, 15) is 27.9 Å². The predicted octanol–water partition coefficient (Wildman–Crippen LogP) is 3.84. The number of halogens is 3. The maximum Gasteiger partial charge on any atom is 0.416 e. The summed E-state index contributed by atoms with van der Waals surface area (Å²) < 4.78 is 47.9. The lowest BCUT2D eigenvalue weighted by Gasteiger charge is -2.15. The monoisotopic (exact) mass is 441 g/mol. The molecule has 168 valence electrons. The van der Waals surface area contributed by atoms with Crippen LogP contribution >= 0.6 is 0 Å². The van der Waals surface area contributed by atoms with Gasteiger partial charge in [0, 0.05) is 17.9 Å². The van der Waals surface area contributed by atoms with Crippen LogP contribution < -0.4 is 20.7 Å². The van der Waals surface area contributed by atoms with Crippen molar-refractivity contribution in [3.05, 3.63) is 54.1 Å². The number of rotatable bonds is 8. The molecule has 1 unspecified atom stereocenters. The summed E-state index contributed by atoms with van der Waals surface area (Å²) in [5, 5.41) is 17.3. The van der Waals surface area contributed by atoms with Crippen molar-refractivity contribution in [1.29, 1.82) is 0 Å². The smallest absolute Gasteiger partial charge is 0.416 e. The molecule has 0 fully saturated rings. The Bertz CT molecular complexity index is 875. The van der Waals surface area contributed by atoms with Gasteiger partial charge in [0.15, 0.2) is 0 Å². The molecule has 4 N–H and O–H groups in total. The molecule has 0 aromatic heterocycles. The standard InChI is InChI=1S/C20H22F3N3O5/c1-2-30-19(29)26-15-8-6-14(7-9-15)25-18(28)24-11-16(27)12-31-17-5-3-4-13(10-17)20(21,22)23/h3-10,16,27H,2,11-12H2,1H3,(H,26,29)(H2,24,25,28). The molecule has 31 heavy (non-hydrogen) atoms. The number of nitrogens with one attached hydrogen (secondary N) is 3. The quantitative estimate of drug-likeness (QED) is 0.498. The summed E-state index contributed by atoms with van der Waals surface area (Å²) in [6.07, 6.45) is -6.23. The Hall–Kier alpha value is -3.47. The molecule has 2 rings (SSSR count). The molecule has 0 saturated carbocycles. The van der Waals surface area contributed by atoms with Gasteiger partial charge in [0.1, 0.15) is 18.5 Å². The normalized spacial score (nSPS) is 11.9. The van der Waals surface area contributed by atoms with E-state index in [1.165, 1.54) is 12.1 Å². The van der Waals surface area contributed by atoms with Crippen molar-refractivity contribution in [1.82, 2.24) is 5.32 Å². The van der Waals surface area contributed by atoms with E-state index in [-0.39, 0.29) is 25.5 Å². The molecule has 0 heterocycles. The van der Waals surface area contributed by atoms with Crippen LogP contribution in [0.4, 0.5) is 34.1 Å². The van der Waals surface area contributed by atoms with Gasteiger partial charge in [-0.3, -0.25) is 5.32 Å². The molecular weight excluding hydrogens is 419 g/mol. The number of aliphatic hydroxyl groups excluding tert-OH is 1. The van der Waals surface area contributed by atoms with Crippen molar-refractivity contribution in [2.75, 3.05) is 30.4 Å². The van der Waals surface area contributed by atoms with Crippen LogP contribution in [0, 0.1) is 0 Å². The van der Waals surface area contributed by atoms with Crippen LogP contribution in [-0.4, -0.2) is 43.1 Å². The van der Waals surface area contributed by atoms with Crippen LogP contribution in [0.1, 0.15) is 12.5 Å². The number of benzene rings is 2. The molecule has 2 aromatic carbocycles. The Kier molecular flexibility index (Phi) is 8.50. The van der Waals surface area contributed by atoms with E-state index in [0.29, 0.717) is 11.4 Å². The lowest BCUT2D eigenvalue weighted by atomic mass is 10.2. The van der Waals surface area contributed by atoms with Crippen LogP contribution in [-0.2, 0) is 10.9 Å². The molecule has 0 bridgehead atoms. The van der Waals surface area contributed by atoms with Crippen LogP contribution in [0.15, 0.2) is 48.5 Å². The van der Waals surface area contributed by atoms with Gasteiger partial charge >= 0.3 is 18.3 Å². The third-order valence-electron chi connectivity index (χ3n) is 3.77. The number of hydrogen-bond acceptors (Lipinski definition) is 5. The van der Waals surface area contributed by atoms with E-state index in [2.05, 4.69) is 16.0 Å². The number of carbonyl (C=O) groups is 2. The van der Waals surface area contributed by atoms with E-state index in [1.807, 2.05) is 0 Å². The van der Waals surface area contributed by atoms with E-state index in [1.54, 1.807) is 31.2 Å². The zero-order valence-electron chi connectivity index (χ0n) is 16.5. The first-order valence-corrected chi connectivity index (χ1v) is 9.24. The highest BCUT2D eigenvalue weighted by Crippen LogP contribution is 2.31. The average molecular weight is 441 g/mol. The minimum Gasteiger partial charge on any atom is -0.491 e. The van der Waals surface area contributed by atoms with Crippen molar-refractivity contribution >= 4 is 23.5 Å². The highest BCUT2D eigenvalue weighted by Gasteiger charge is 2.30. The Morgan fingerprint density at radius 1 is 1.06 bits per heavy atom. The summed E-state index contributed by atoms with van der Waals surface area (Å²) in [5.74, 6) is -0.0464. The molecule has 8 nitrogen and oxygen atoms in total. The van der Waals surface area contributed by atoms with Crippen LogP contribution in [0.3, 0.4) is 0 Å². The van der Waals surface area contributed by atoms with E-state index >= 15 is 0 Å². The van der Waals surface area contributed by atoms with Crippen LogP contribution in [0.25, 0.3) is 0 Å². The molecule has 0 radical (unpaired) electrons. The molecule has 11 heteroatoms. The Balaban J connectivity index is 1.74. The first kappa shape index (κ1) is 23.8. The largest absolute Gasteiger partial charge is 0.491 e. The van der Waals surface area contributed by atoms with Gasteiger partial charge < -0.3 is 25.2 Å². The summed E-state index contributed by atoms with van der Waals surface area (Å²) in [6.45, 7) is 1.42. The molecule has 3 amide bonds. The predicted molar refractivity (Wildman–Crippen MR) is 107 cm³/mol. The zero-order chi connectivity index (χ0) is 22.9. The number of carbonyl (C=O) groups excluding carboxylic acids is 2. The highest BCUT2D eigenvalue weighted by atomic mass is 19.4. The second kappa shape index (κ2) is 11.1. The SMILES string of the molecule is CCOC(=O)Nc1ccc(NC(=O)NCC(O)COc2cccc(C(F)(F)F)c2)cc1. The molecule has 1 atom stereocenters. The summed E-state index contributed by atoms with van der Waals surface area (Å²) in [6, 6.07) is 9.88. The van der Waals surface area contributed by atoms with Crippen molar-refractivity contribution < 1.29 is 37.3 Å². The van der Waals surface area contributed by atoms with Gasteiger partial charge in [-0.15, -0.1) is 0 Å². The number of ether oxygens (including phenoxy) is 2. The number of urea groups is 1. The third kappa shape index (κ3) is 8.42. The fraction of sp³-hybridized carbons (Fsp3) is 0.300. The van der Waals surface area contributed by atoms with Crippen molar-refractivity contribution in [3.63, 3.8) is 0 Å². The van der Waals surface area contributed by atoms with Gasteiger partial charge in [-0.05, 0) is 49.4 Å². The molecule has 2 aromatic rings. The van der Waals surface area contributed by atoms with Crippen molar-refractivity contribution in [2.24, 2.45) is 0 Å². The lowest BCUT2D eigenvalue weighted by molar-refractivity contribution is -0.137. The molecular formula is C20H22F3N3O5. The topological polar surface area (TPSA) is 109 Å². The highest BCUT2D eigenvalue weighted by molar-refractivity contribution is 5.90. The Morgan fingerprint density at radius 2 is 1.71 bits per heavy atom. The maximum absolute atomic E-state index is 12.7. The fourth-order valence-corrected chi connectivity index (χ4v) is 2.32. The van der Waals surface area contributed by atoms with Crippen LogP contribution in [0.5, 0.6) is 5.75 Å². The summed E-state index contributed by atoms with van der Waals surface area (Å²) in [7, 11) is 0. The summed E-state index contributed by atoms with van der Waals surface area (Å²) >= 11 is 0. The molecule has 0 spiro atoms. The van der Waals surface area contributed by atoms with Crippen molar-refractivity contribution in [2.45, 2.75) is 19.2 Å². The number of anilines is 2. The van der Waals surface area contributed by atoms with Gasteiger partial charge in [-0.25, -0.2) is 9.59 Å². The number of hydrogen-bond donors (Lipinski definition) is 4. The van der Waals surface area contributed by atoms with Gasteiger partial charge in [0.05, 0.1) is 12.2 Å². The van der Waals surface area contributed by atoms with Gasteiger partial charge in [-0.2, -0.15) is 13.2 Å². The number of aliphatic hydroxyl groups is 1. The van der Waals surface area contributed by atoms with Crippen LogP contribution in [0.2, 0.25) is 0 Å². The molecule has 0 aliphatic rings. The number of amides is 3. The van der Waals surface area contributed by atoms with Gasteiger partial charge in [-0.1, -0.05) is 6.07 Å². The Labute approximate surface area is 176 Å². The maximum atomic E-state index is 12.7. The zero-order valence-corrected chi connectivity index (χ0v) is 16.5. The van der Waals surface area contributed by atoms with Gasteiger partial charge in [0.2, 0.25) is 0 Å². The van der Waals surface area contributed by atoms with Crippen molar-refractivity contribution in [3.8, 4) is 5.75 Å². The Morgan fingerprint density at radius 3 is 2.32 bits per heavy atom. The minimum absolute atomic E-state index is 0.0464. The third-order valence-corrected chi connectivity index (χ3v) is 3.77. The number of alkyl halides is 3. The molecule has 0 saturated heterocycles. The molecule has 0 aliphatic carbocycles. The lowest BCUT2D eigenvalue weighted by Crippen LogP contribution is -2.37. The van der Waals surface area contributed by atoms with E-state index < -0.39 is 30.0 Å². The van der Waals surface area contributed by atoms with E-state index in [4.69, 9.17) is 9.47 Å². The molecule has 0 aliphatic heterocycles. The fourth-order valence-electron chi connectivity index (χ4n) is 2.32.